The van der Waals surface area contributed by atoms with E-state index < -0.39 is 0 Å². The second-order valence-corrected chi connectivity index (χ2v) is 7.63. The van der Waals surface area contributed by atoms with Crippen LogP contribution in [0.3, 0.4) is 0 Å². The van der Waals surface area contributed by atoms with E-state index in [1.807, 2.05) is 0 Å². The van der Waals surface area contributed by atoms with Crippen LogP contribution in [-0.2, 0) is 0 Å². The van der Waals surface area contributed by atoms with E-state index in [0.717, 1.165) is 5.92 Å². The Balaban J connectivity index is 1.93. The van der Waals surface area contributed by atoms with E-state index in [1.165, 1.54) is 45.1 Å². The van der Waals surface area contributed by atoms with Crippen LogP contribution in [0.2, 0.25) is 0 Å². The largest absolute Gasteiger partial charge is 0.291 e. The molecule has 1 saturated carbocycles. The van der Waals surface area contributed by atoms with Crippen molar-refractivity contribution in [3.8, 4) is 0 Å². The van der Waals surface area contributed by atoms with Gasteiger partial charge in [-0.2, -0.15) is 0 Å². The molecule has 20 heavy (non-hydrogen) atoms. The molecule has 1 saturated heterocycles. The molecule has 1 heteroatoms. The van der Waals surface area contributed by atoms with Gasteiger partial charge in [0.2, 0.25) is 0 Å². The van der Waals surface area contributed by atoms with E-state index in [-0.39, 0.29) is 5.54 Å². The van der Waals surface area contributed by atoms with E-state index in [2.05, 4.69) is 49.9 Å². The molecular weight excluding hydrogens is 242 g/mol. The third-order valence-electron chi connectivity index (χ3n) is 5.26. The van der Waals surface area contributed by atoms with Gasteiger partial charge in [0.15, 0.2) is 0 Å². The van der Waals surface area contributed by atoms with Gasteiger partial charge in [-0.05, 0) is 70.0 Å². The van der Waals surface area contributed by atoms with Crippen molar-refractivity contribution in [3.63, 3.8) is 0 Å². The van der Waals surface area contributed by atoms with E-state index in [4.69, 9.17) is 0 Å². The minimum atomic E-state index is 0.282. The van der Waals surface area contributed by atoms with Crippen molar-refractivity contribution in [1.82, 2.24) is 4.90 Å². The molecule has 1 nitrogen and oxygen atoms in total. The third-order valence-corrected chi connectivity index (χ3v) is 5.26. The van der Waals surface area contributed by atoms with Gasteiger partial charge in [0, 0.05) is 11.6 Å². The first-order valence-electron chi connectivity index (χ1n) is 8.43. The Morgan fingerprint density at radius 2 is 1.55 bits per heavy atom. The van der Waals surface area contributed by atoms with E-state index in [0.29, 0.717) is 6.04 Å². The molecule has 1 aliphatic carbocycles. The molecule has 1 aromatic carbocycles. The van der Waals surface area contributed by atoms with Crippen molar-refractivity contribution in [2.24, 2.45) is 0 Å². The molecule has 1 aliphatic heterocycles. The molecule has 1 atom stereocenters. The summed E-state index contributed by atoms with van der Waals surface area (Å²) in [6.45, 7) is 8.35. The smallest absolute Gasteiger partial charge is 0.0356 e. The van der Waals surface area contributed by atoms with Gasteiger partial charge in [0.1, 0.15) is 0 Å². The fourth-order valence-corrected chi connectivity index (χ4v) is 4.32. The molecule has 1 heterocycles. The Morgan fingerprint density at radius 1 is 0.900 bits per heavy atom. The first-order chi connectivity index (χ1) is 9.57. The summed E-state index contributed by atoms with van der Waals surface area (Å²) in [6, 6.07) is 9.94. The van der Waals surface area contributed by atoms with Gasteiger partial charge in [-0.15, -0.1) is 0 Å². The highest BCUT2D eigenvalue weighted by atomic mass is 15.2. The summed E-state index contributed by atoms with van der Waals surface area (Å²) in [7, 11) is 0. The van der Waals surface area contributed by atoms with Crippen molar-refractivity contribution in [2.45, 2.75) is 76.8 Å². The molecule has 3 rings (SSSR count). The van der Waals surface area contributed by atoms with Gasteiger partial charge in [0.25, 0.3) is 0 Å². The zero-order chi connectivity index (χ0) is 14.2. The Labute approximate surface area is 124 Å². The van der Waals surface area contributed by atoms with E-state index in [9.17, 15) is 0 Å². The fourth-order valence-electron chi connectivity index (χ4n) is 4.32. The normalized spacial score (nSPS) is 25.4. The van der Waals surface area contributed by atoms with Crippen LogP contribution >= 0.6 is 0 Å². The topological polar surface area (TPSA) is 3.24 Å². The molecule has 0 spiro atoms. The van der Waals surface area contributed by atoms with Crippen LogP contribution < -0.4 is 0 Å². The summed E-state index contributed by atoms with van der Waals surface area (Å²) in [4.78, 5) is 2.72. The monoisotopic (exact) mass is 271 g/mol. The average Bonchev–Trinajstić information content (AvgIpc) is 3.09. The lowest BCUT2D eigenvalue weighted by molar-refractivity contribution is 0.121. The zero-order valence-electron chi connectivity index (χ0n) is 13.4. The summed E-state index contributed by atoms with van der Waals surface area (Å²) in [5.41, 5.74) is 3.57. The van der Waals surface area contributed by atoms with Crippen LogP contribution in [0.25, 0.3) is 0 Å². The van der Waals surface area contributed by atoms with Crippen molar-refractivity contribution in [3.05, 3.63) is 35.4 Å². The maximum absolute atomic E-state index is 2.72. The zero-order valence-corrected chi connectivity index (χ0v) is 13.4. The summed E-state index contributed by atoms with van der Waals surface area (Å²) in [5, 5.41) is 0. The number of benzene rings is 1. The molecule has 0 radical (unpaired) electrons. The lowest BCUT2D eigenvalue weighted by atomic mass is 9.88. The number of likely N-dealkylation sites (tertiary alicyclic amines) is 1. The molecule has 0 N–H and O–H groups in total. The molecule has 2 aliphatic rings. The minimum absolute atomic E-state index is 0.282. The number of rotatable bonds is 2. The molecule has 2 fully saturated rings. The third kappa shape index (κ3) is 2.65. The van der Waals surface area contributed by atoms with Gasteiger partial charge in [-0.25, -0.2) is 0 Å². The highest BCUT2D eigenvalue weighted by molar-refractivity contribution is 5.34. The Morgan fingerprint density at radius 3 is 2.20 bits per heavy atom. The summed E-state index contributed by atoms with van der Waals surface area (Å²) < 4.78 is 0. The van der Waals surface area contributed by atoms with Gasteiger partial charge < -0.3 is 0 Å². The molecular formula is C19H29N. The number of hydrogen-bond donors (Lipinski definition) is 0. The minimum Gasteiger partial charge on any atom is -0.291 e. The quantitative estimate of drug-likeness (QED) is 0.707. The summed E-state index contributed by atoms with van der Waals surface area (Å²) in [5.74, 6) is 0.827. The van der Waals surface area contributed by atoms with Crippen molar-refractivity contribution in [2.75, 3.05) is 6.54 Å². The highest BCUT2D eigenvalue weighted by Gasteiger charge is 2.35. The number of nitrogens with zero attached hydrogens (tertiary/aromatic N) is 1. The SMILES string of the molecule is CC(C)(C)N1CCCC1c1ccccc1C1CCCC1. The van der Waals surface area contributed by atoms with Crippen LogP contribution in [0.4, 0.5) is 0 Å². The predicted molar refractivity (Wildman–Crippen MR) is 86.1 cm³/mol. The predicted octanol–water partition coefficient (Wildman–Crippen LogP) is 5.28. The Kier molecular flexibility index (Phi) is 3.90. The van der Waals surface area contributed by atoms with Gasteiger partial charge in [0.05, 0.1) is 0 Å². The maximum atomic E-state index is 2.72. The standard InChI is InChI=1S/C19H29N/c1-19(2,3)20-14-8-13-18(20)17-12-7-6-11-16(17)15-9-4-5-10-15/h6-7,11-12,15,18H,4-5,8-10,13-14H2,1-3H3. The second kappa shape index (κ2) is 5.52. The van der Waals surface area contributed by atoms with Gasteiger partial charge in [-0.3, -0.25) is 4.90 Å². The average molecular weight is 271 g/mol. The van der Waals surface area contributed by atoms with Crippen LogP contribution in [0.5, 0.6) is 0 Å². The molecule has 0 amide bonds. The summed E-state index contributed by atoms with van der Waals surface area (Å²) >= 11 is 0. The summed E-state index contributed by atoms with van der Waals surface area (Å²) in [6.07, 6.45) is 8.33. The molecule has 1 aromatic rings. The first-order valence-corrected chi connectivity index (χ1v) is 8.43. The molecule has 0 bridgehead atoms. The molecule has 0 aromatic heterocycles. The molecule has 110 valence electrons. The van der Waals surface area contributed by atoms with Crippen LogP contribution in [-0.4, -0.2) is 17.0 Å². The lowest BCUT2D eigenvalue weighted by Crippen LogP contribution is -2.40. The molecule has 1 unspecified atom stereocenters. The van der Waals surface area contributed by atoms with Crippen molar-refractivity contribution >= 4 is 0 Å². The van der Waals surface area contributed by atoms with E-state index >= 15 is 0 Å². The maximum Gasteiger partial charge on any atom is 0.0356 e. The first kappa shape index (κ1) is 14.1. The fraction of sp³-hybridized carbons (Fsp3) is 0.684. The number of hydrogen-bond acceptors (Lipinski definition) is 1. The lowest BCUT2D eigenvalue weighted by Gasteiger charge is -2.38. The Hall–Kier alpha value is -0.820. The van der Waals surface area contributed by atoms with Gasteiger partial charge >= 0.3 is 0 Å². The van der Waals surface area contributed by atoms with E-state index in [1.54, 1.807) is 11.1 Å². The Bertz CT molecular complexity index is 451. The van der Waals surface area contributed by atoms with Crippen LogP contribution in [0, 0.1) is 0 Å². The highest BCUT2D eigenvalue weighted by Crippen LogP contribution is 2.43. The van der Waals surface area contributed by atoms with Crippen LogP contribution in [0.1, 0.15) is 82.4 Å². The van der Waals surface area contributed by atoms with Gasteiger partial charge in [-0.1, -0.05) is 37.1 Å². The van der Waals surface area contributed by atoms with Crippen LogP contribution in [0.15, 0.2) is 24.3 Å². The second-order valence-electron chi connectivity index (χ2n) is 7.63. The van der Waals surface area contributed by atoms with Crippen molar-refractivity contribution in [1.29, 1.82) is 0 Å². The van der Waals surface area contributed by atoms with Crippen molar-refractivity contribution < 1.29 is 0 Å².